The highest BCUT2D eigenvalue weighted by atomic mass is 16.5. The third kappa shape index (κ3) is 4.48. The molecule has 17 heavy (non-hydrogen) atoms. The average Bonchev–Trinajstić information content (AvgIpc) is 2.95. The van der Waals surface area contributed by atoms with E-state index in [1.807, 2.05) is 18.7 Å². The molecule has 1 fully saturated rings. The Morgan fingerprint density at radius 3 is 3.06 bits per heavy atom. The minimum atomic E-state index is 0.443. The van der Waals surface area contributed by atoms with Crippen LogP contribution in [0.1, 0.15) is 32.6 Å². The van der Waals surface area contributed by atoms with Crippen LogP contribution < -0.4 is 5.32 Å². The highest BCUT2D eigenvalue weighted by Crippen LogP contribution is 2.17. The smallest absolute Gasteiger partial charge is 0.0945 e. The van der Waals surface area contributed by atoms with Crippen molar-refractivity contribution in [3.8, 4) is 0 Å². The van der Waals surface area contributed by atoms with Gasteiger partial charge in [0.25, 0.3) is 0 Å². The van der Waals surface area contributed by atoms with E-state index in [-0.39, 0.29) is 0 Å². The van der Waals surface area contributed by atoms with Gasteiger partial charge in [0.05, 0.1) is 18.5 Å². The standard InChI is InChI=1S/C13H23N3O/c1-12-4-5-13(17-12)10-14-6-2-3-8-16-9-7-15-11-16/h7,9,11-14H,2-6,8,10H2,1H3. The second-order valence-corrected chi connectivity index (χ2v) is 4.86. The molecule has 0 spiro atoms. The van der Waals surface area contributed by atoms with Crippen molar-refractivity contribution in [2.75, 3.05) is 13.1 Å². The summed E-state index contributed by atoms with van der Waals surface area (Å²) in [6, 6.07) is 0. The third-order valence-electron chi connectivity index (χ3n) is 3.27. The van der Waals surface area contributed by atoms with Gasteiger partial charge in [0, 0.05) is 25.5 Å². The Balaban J connectivity index is 1.44. The van der Waals surface area contributed by atoms with E-state index in [1.54, 1.807) is 0 Å². The minimum absolute atomic E-state index is 0.443. The lowest BCUT2D eigenvalue weighted by Crippen LogP contribution is -2.27. The first-order valence-electron chi connectivity index (χ1n) is 6.66. The van der Waals surface area contributed by atoms with Crippen molar-refractivity contribution in [3.63, 3.8) is 0 Å². The Labute approximate surface area is 103 Å². The molecule has 0 saturated carbocycles. The largest absolute Gasteiger partial charge is 0.374 e. The Morgan fingerprint density at radius 1 is 1.41 bits per heavy atom. The molecule has 0 amide bonds. The van der Waals surface area contributed by atoms with E-state index in [0.29, 0.717) is 12.2 Å². The number of nitrogens with one attached hydrogen (secondary N) is 1. The molecule has 1 aliphatic heterocycles. The Bertz CT molecular complexity index is 300. The van der Waals surface area contributed by atoms with Crippen molar-refractivity contribution in [1.29, 1.82) is 0 Å². The minimum Gasteiger partial charge on any atom is -0.374 e. The quantitative estimate of drug-likeness (QED) is 0.735. The third-order valence-corrected chi connectivity index (χ3v) is 3.27. The summed E-state index contributed by atoms with van der Waals surface area (Å²) in [5, 5.41) is 3.48. The normalized spacial score (nSPS) is 24.3. The molecule has 2 atom stereocenters. The maximum Gasteiger partial charge on any atom is 0.0945 e. The number of hydrogen-bond donors (Lipinski definition) is 1. The molecule has 96 valence electrons. The van der Waals surface area contributed by atoms with Crippen molar-refractivity contribution in [3.05, 3.63) is 18.7 Å². The van der Waals surface area contributed by atoms with Gasteiger partial charge >= 0.3 is 0 Å². The molecule has 2 rings (SSSR count). The lowest BCUT2D eigenvalue weighted by molar-refractivity contribution is 0.0561. The van der Waals surface area contributed by atoms with Gasteiger partial charge in [-0.1, -0.05) is 0 Å². The van der Waals surface area contributed by atoms with Crippen LogP contribution in [0, 0.1) is 0 Å². The van der Waals surface area contributed by atoms with Crippen molar-refractivity contribution in [1.82, 2.24) is 14.9 Å². The average molecular weight is 237 g/mol. The number of aryl methyl sites for hydroxylation is 1. The predicted octanol–water partition coefficient (Wildman–Crippen LogP) is 1.82. The van der Waals surface area contributed by atoms with E-state index >= 15 is 0 Å². The SMILES string of the molecule is CC1CCC(CNCCCCn2ccnc2)O1. The van der Waals surface area contributed by atoms with Crippen LogP contribution >= 0.6 is 0 Å². The van der Waals surface area contributed by atoms with Gasteiger partial charge in [-0.2, -0.15) is 0 Å². The zero-order chi connectivity index (χ0) is 11.9. The number of unbranched alkanes of at least 4 members (excludes halogenated alkanes) is 1. The fourth-order valence-corrected chi connectivity index (χ4v) is 2.26. The zero-order valence-electron chi connectivity index (χ0n) is 10.6. The van der Waals surface area contributed by atoms with Crippen LogP contribution in [-0.2, 0) is 11.3 Å². The summed E-state index contributed by atoms with van der Waals surface area (Å²) in [5.74, 6) is 0. The van der Waals surface area contributed by atoms with Gasteiger partial charge in [0.1, 0.15) is 0 Å². The van der Waals surface area contributed by atoms with E-state index in [0.717, 1.165) is 19.6 Å². The van der Waals surface area contributed by atoms with Crippen LogP contribution in [-0.4, -0.2) is 34.8 Å². The van der Waals surface area contributed by atoms with Crippen molar-refractivity contribution < 1.29 is 4.74 Å². The fourth-order valence-electron chi connectivity index (χ4n) is 2.26. The summed E-state index contributed by atoms with van der Waals surface area (Å²) in [4.78, 5) is 4.03. The van der Waals surface area contributed by atoms with Crippen LogP contribution in [0.4, 0.5) is 0 Å². The molecule has 4 heteroatoms. The molecule has 0 aromatic carbocycles. The van der Waals surface area contributed by atoms with E-state index < -0.39 is 0 Å². The molecule has 1 aromatic rings. The number of imidazole rings is 1. The maximum absolute atomic E-state index is 5.75. The van der Waals surface area contributed by atoms with Crippen LogP contribution in [0.3, 0.4) is 0 Å². The Hall–Kier alpha value is -0.870. The number of aromatic nitrogens is 2. The first-order valence-corrected chi connectivity index (χ1v) is 6.66. The fraction of sp³-hybridized carbons (Fsp3) is 0.769. The lowest BCUT2D eigenvalue weighted by Gasteiger charge is -2.12. The topological polar surface area (TPSA) is 39.1 Å². The number of rotatable bonds is 7. The number of nitrogens with zero attached hydrogens (tertiary/aromatic N) is 2. The molecule has 1 N–H and O–H groups in total. The summed E-state index contributed by atoms with van der Waals surface area (Å²) in [6.45, 7) is 5.32. The molecule has 0 radical (unpaired) electrons. The van der Waals surface area contributed by atoms with E-state index in [1.165, 1.54) is 25.7 Å². The van der Waals surface area contributed by atoms with Gasteiger partial charge in [-0.25, -0.2) is 4.98 Å². The highest BCUT2D eigenvalue weighted by molar-refractivity contribution is 4.74. The number of ether oxygens (including phenoxy) is 1. The summed E-state index contributed by atoms with van der Waals surface area (Å²) in [7, 11) is 0. The molecule has 2 unspecified atom stereocenters. The summed E-state index contributed by atoms with van der Waals surface area (Å²) in [6.07, 6.45) is 11.5. The maximum atomic E-state index is 5.75. The molecule has 0 bridgehead atoms. The van der Waals surface area contributed by atoms with Gasteiger partial charge in [0.15, 0.2) is 0 Å². The molecule has 1 aliphatic rings. The van der Waals surface area contributed by atoms with Gasteiger partial charge < -0.3 is 14.6 Å². The van der Waals surface area contributed by atoms with Crippen LogP contribution in [0.5, 0.6) is 0 Å². The second-order valence-electron chi connectivity index (χ2n) is 4.86. The van der Waals surface area contributed by atoms with Gasteiger partial charge in [-0.3, -0.25) is 0 Å². The first-order chi connectivity index (χ1) is 8.34. The lowest BCUT2D eigenvalue weighted by atomic mass is 10.2. The van der Waals surface area contributed by atoms with Gasteiger partial charge in [-0.05, 0) is 39.2 Å². The molecular formula is C13H23N3O. The highest BCUT2D eigenvalue weighted by Gasteiger charge is 2.20. The van der Waals surface area contributed by atoms with Crippen molar-refractivity contribution >= 4 is 0 Å². The van der Waals surface area contributed by atoms with Crippen molar-refractivity contribution in [2.45, 2.75) is 51.4 Å². The Kier molecular flexibility index (Phi) is 5.01. The summed E-state index contributed by atoms with van der Waals surface area (Å²) in [5.41, 5.74) is 0. The summed E-state index contributed by atoms with van der Waals surface area (Å²) < 4.78 is 7.88. The molecule has 0 aliphatic carbocycles. The second kappa shape index (κ2) is 6.77. The zero-order valence-corrected chi connectivity index (χ0v) is 10.6. The van der Waals surface area contributed by atoms with E-state index in [2.05, 4.69) is 21.8 Å². The molecule has 4 nitrogen and oxygen atoms in total. The van der Waals surface area contributed by atoms with Gasteiger partial charge in [-0.15, -0.1) is 0 Å². The monoisotopic (exact) mass is 237 g/mol. The van der Waals surface area contributed by atoms with Gasteiger partial charge in [0.2, 0.25) is 0 Å². The molecular weight excluding hydrogens is 214 g/mol. The van der Waals surface area contributed by atoms with Crippen LogP contribution in [0.2, 0.25) is 0 Å². The van der Waals surface area contributed by atoms with E-state index in [9.17, 15) is 0 Å². The first kappa shape index (κ1) is 12.6. The molecule has 1 saturated heterocycles. The van der Waals surface area contributed by atoms with Crippen LogP contribution in [0.25, 0.3) is 0 Å². The summed E-state index contributed by atoms with van der Waals surface area (Å²) >= 11 is 0. The predicted molar refractivity (Wildman–Crippen MR) is 67.9 cm³/mol. The number of hydrogen-bond acceptors (Lipinski definition) is 3. The van der Waals surface area contributed by atoms with E-state index in [4.69, 9.17) is 4.74 Å². The Morgan fingerprint density at radius 2 is 2.35 bits per heavy atom. The van der Waals surface area contributed by atoms with Crippen molar-refractivity contribution in [2.24, 2.45) is 0 Å². The van der Waals surface area contributed by atoms with Crippen LogP contribution in [0.15, 0.2) is 18.7 Å². The molecule has 2 heterocycles. The molecule has 1 aromatic heterocycles.